The van der Waals surface area contributed by atoms with Crippen molar-refractivity contribution < 1.29 is 0 Å². The molecule has 0 aliphatic rings. The van der Waals surface area contributed by atoms with Crippen molar-refractivity contribution in [1.82, 2.24) is 0 Å². The molecule has 0 nitrogen and oxygen atoms in total. The van der Waals surface area contributed by atoms with Gasteiger partial charge in [0.2, 0.25) is 0 Å². The van der Waals surface area contributed by atoms with E-state index in [9.17, 15) is 0 Å². The van der Waals surface area contributed by atoms with Crippen LogP contribution in [0.4, 0.5) is 0 Å². The highest BCUT2D eigenvalue weighted by Crippen LogP contribution is 3.21. The van der Waals surface area contributed by atoms with Crippen LogP contribution >= 0.6 is 172 Å². The first kappa shape index (κ1) is 31.0. The van der Waals surface area contributed by atoms with Crippen molar-refractivity contribution in [3.63, 3.8) is 0 Å². The fourth-order valence-corrected chi connectivity index (χ4v) is 164. The van der Waals surface area contributed by atoms with E-state index in [1.54, 1.807) is 0 Å². The molecule has 0 heterocycles. The van der Waals surface area contributed by atoms with E-state index in [2.05, 4.69) is 107 Å². The van der Waals surface area contributed by atoms with Gasteiger partial charge in [-0.1, -0.05) is 7.96 Å². The van der Waals surface area contributed by atoms with Crippen LogP contribution in [-0.4, -0.2) is 4.38 Å². The largest absolute Gasteiger partial charge is 0.110 e. The van der Waals surface area contributed by atoms with E-state index in [0.29, 0.717) is 4.38 Å². The minimum atomic E-state index is -0.151. The van der Waals surface area contributed by atoms with Gasteiger partial charge in [-0.15, -0.1) is 107 Å². The Bertz CT molecular complexity index is 265. The zero-order chi connectivity index (χ0) is 17.8. The van der Waals surface area contributed by atoms with Crippen molar-refractivity contribution in [2.75, 3.05) is 0 Å². The van der Waals surface area contributed by atoms with Crippen molar-refractivity contribution in [2.24, 2.45) is 0 Å². The summed E-state index contributed by atoms with van der Waals surface area (Å²) >= 11 is 0. The number of rotatable bonds is 9. The zero-order valence-electron chi connectivity index (χ0n) is 11.5. The van der Waals surface area contributed by atoms with E-state index in [-0.39, 0.29) is 57.1 Å². The van der Waals surface area contributed by atoms with Crippen molar-refractivity contribution >= 4 is 172 Å². The Morgan fingerprint density at radius 1 is 0.545 bits per heavy atom. The van der Waals surface area contributed by atoms with Crippen LogP contribution in [0.3, 0.4) is 0 Å². The van der Waals surface area contributed by atoms with Gasteiger partial charge in [0.25, 0.3) is 0 Å². The molecule has 14 unspecified atom stereocenters. The Hall–Kier alpha value is 9.03. The van der Waals surface area contributed by atoms with Crippen molar-refractivity contribution in [3.05, 3.63) is 0 Å². The van der Waals surface area contributed by atoms with Gasteiger partial charge < -0.3 is 0 Å². The summed E-state index contributed by atoms with van der Waals surface area (Å²) in [6, 6.07) is 0. The SMILES string of the molecule is PPP(P)C(P(P)P)(P(P(P)P)P(P)P)P(P(P)P)P(P)P. The first-order valence-electron chi connectivity index (χ1n) is 5.05. The Balaban J connectivity index is 6.46. The molecular weight excluding hydrogens is 662 g/mol. The van der Waals surface area contributed by atoms with Crippen molar-refractivity contribution in [3.8, 4) is 0 Å². The van der Waals surface area contributed by atoms with Gasteiger partial charge in [-0.25, -0.2) is 0 Å². The molecule has 0 aromatic rings. The van der Waals surface area contributed by atoms with Gasteiger partial charge in [-0.3, -0.25) is 0 Å². The molecule has 134 valence electrons. The Kier molecular flexibility index (Phi) is 22.3. The zero-order valence-corrected chi connectivity index (χ0v) is 33.5. The third kappa shape index (κ3) is 8.76. The Morgan fingerprint density at radius 3 is 0.955 bits per heavy atom. The maximum atomic E-state index is 3.31. The fourth-order valence-electron chi connectivity index (χ4n) is 1.55. The van der Waals surface area contributed by atoms with Gasteiger partial charge in [0.1, 0.15) is 0 Å². The average Bonchev–Trinajstić information content (AvgIpc) is 2.34. The van der Waals surface area contributed by atoms with E-state index >= 15 is 0 Å². The third-order valence-electron chi connectivity index (χ3n) is 2.22. The first-order valence-corrected chi connectivity index (χ1v) is 40.1. The predicted molar refractivity (Wildman–Crippen MR) is 183 cm³/mol. The molecule has 0 aliphatic carbocycles. The van der Waals surface area contributed by atoms with Gasteiger partial charge in [-0.2, -0.15) is 0 Å². The Labute approximate surface area is 175 Å². The molecule has 0 rings (SSSR count). The summed E-state index contributed by atoms with van der Waals surface area (Å²) in [6.45, 7) is -0.284. The normalized spacial score (nSPS) is 16.0. The molecule has 22 heavy (non-hydrogen) atoms. The molecule has 0 saturated heterocycles. The molecule has 0 aromatic heterocycles. The highest BCUT2D eigenvalue weighted by Gasteiger charge is 2.56. The van der Waals surface area contributed by atoms with Crippen molar-refractivity contribution in [2.45, 2.75) is 4.38 Å². The third-order valence-corrected chi connectivity index (χ3v) is 86.3. The van der Waals surface area contributed by atoms with Crippen LogP contribution in [0.25, 0.3) is 0 Å². The monoisotopic (exact) mass is 688 g/mol. The summed E-state index contributed by atoms with van der Waals surface area (Å²) in [7, 11) is 39.0. The minimum Gasteiger partial charge on any atom is -0.110 e. The average molecular weight is 688 g/mol. The molecule has 0 bridgehead atoms. The molecular formula is CH25P21. The number of hydrogen-bond acceptors (Lipinski definition) is 0. The Morgan fingerprint density at radius 2 is 0.818 bits per heavy atom. The molecule has 0 fully saturated rings. The molecule has 0 amide bonds. The second-order valence-electron chi connectivity index (χ2n) is 3.61. The van der Waals surface area contributed by atoms with Gasteiger partial charge in [0.05, 0.1) is 4.38 Å². The quantitative estimate of drug-likeness (QED) is 0.212. The van der Waals surface area contributed by atoms with Gasteiger partial charge >= 0.3 is 0 Å². The van der Waals surface area contributed by atoms with E-state index in [1.807, 2.05) is 0 Å². The minimum absolute atomic E-state index is 0.0372. The maximum absolute atomic E-state index is 3.31. The van der Waals surface area contributed by atoms with Crippen LogP contribution in [-0.2, 0) is 0 Å². The highest BCUT2D eigenvalue weighted by molar-refractivity contribution is 9.06. The van der Waals surface area contributed by atoms with Crippen molar-refractivity contribution in [1.29, 1.82) is 0 Å². The topological polar surface area (TPSA) is 0 Å². The lowest BCUT2D eigenvalue weighted by atomic mass is 11.8. The smallest absolute Gasteiger partial charge is 0.0815 e. The lowest BCUT2D eigenvalue weighted by Crippen LogP contribution is -2.07. The van der Waals surface area contributed by atoms with Gasteiger partial charge in [0.15, 0.2) is 0 Å². The van der Waals surface area contributed by atoms with Crippen LogP contribution in [0.15, 0.2) is 0 Å². The summed E-state index contributed by atoms with van der Waals surface area (Å²) in [5.74, 6) is 0. The van der Waals surface area contributed by atoms with Gasteiger partial charge in [-0.05, 0) is 57.1 Å². The number of hydrogen-bond donors (Lipinski definition) is 0. The van der Waals surface area contributed by atoms with E-state index < -0.39 is 0 Å². The molecule has 0 spiro atoms. The summed E-state index contributed by atoms with van der Waals surface area (Å²) in [6.07, 6.45) is 0. The van der Waals surface area contributed by atoms with Gasteiger partial charge in [0, 0.05) is 0 Å². The van der Waals surface area contributed by atoms with Crippen LogP contribution in [0.5, 0.6) is 0 Å². The molecule has 0 saturated carbocycles. The lowest BCUT2D eigenvalue weighted by Gasteiger charge is -2.56. The summed E-state index contributed by atoms with van der Waals surface area (Å²) in [5.41, 5.74) is 0. The molecule has 21 heteroatoms. The van der Waals surface area contributed by atoms with Crippen LogP contribution in [0, 0.1) is 0 Å². The summed E-state index contributed by atoms with van der Waals surface area (Å²) in [5, 5.41) is 0. The first-order chi connectivity index (χ1) is 9.95. The summed E-state index contributed by atoms with van der Waals surface area (Å²) in [4.78, 5) is 0. The second-order valence-corrected chi connectivity index (χ2v) is 70.4. The van der Waals surface area contributed by atoms with Crippen LogP contribution in [0.2, 0.25) is 0 Å². The molecule has 0 aliphatic heterocycles. The molecule has 0 radical (unpaired) electrons. The van der Waals surface area contributed by atoms with E-state index in [4.69, 9.17) is 0 Å². The standard InChI is InChI=1S/CH25P21/c2-14-16(5)1(15(3)4,17(19(6)7)20(8)9)18(21(10)11)22(12)13/h14H,2-13H2. The lowest BCUT2D eigenvalue weighted by molar-refractivity contribution is 1.87. The van der Waals surface area contributed by atoms with E-state index in [0.717, 1.165) is 7.96 Å². The summed E-state index contributed by atoms with van der Waals surface area (Å²) < 4.78 is 0.518. The van der Waals surface area contributed by atoms with E-state index in [1.165, 1.54) is 0 Å². The van der Waals surface area contributed by atoms with Crippen LogP contribution in [0.1, 0.15) is 0 Å². The van der Waals surface area contributed by atoms with Crippen LogP contribution < -0.4 is 0 Å². The molecule has 0 aromatic carbocycles. The predicted octanol–water partition coefficient (Wildman–Crippen LogP) is 11.2. The second kappa shape index (κ2) is 15.8. The molecule has 14 atom stereocenters. The maximum Gasteiger partial charge on any atom is 0.0815 e. The highest BCUT2D eigenvalue weighted by atomic mass is 33.0. The molecule has 0 N–H and O–H groups in total. The fraction of sp³-hybridized carbons (Fsp3) is 1.00.